The Morgan fingerprint density at radius 3 is 2.79 bits per heavy atom. The van der Waals surface area contributed by atoms with Gasteiger partial charge in [0, 0.05) is 6.54 Å². The lowest BCUT2D eigenvalue weighted by molar-refractivity contribution is -0.121. The number of methoxy groups -OCH3 is 1. The maximum atomic E-state index is 11.9. The molecular formula is C15H24N2O2. The molecule has 0 aliphatic heterocycles. The molecule has 0 aliphatic carbocycles. The maximum absolute atomic E-state index is 11.9. The Kier molecular flexibility index (Phi) is 6.19. The molecule has 0 bridgehead atoms. The Labute approximate surface area is 115 Å². The maximum Gasteiger partial charge on any atom is 0.242 e. The second-order valence-corrected chi connectivity index (χ2v) is 4.71. The van der Waals surface area contributed by atoms with Crippen molar-refractivity contribution in [1.82, 2.24) is 5.32 Å². The second-order valence-electron chi connectivity index (χ2n) is 4.71. The lowest BCUT2D eigenvalue weighted by Crippen LogP contribution is -2.38. The standard InChI is InChI=1S/C15H24N2O2/c1-5-6-9-16-15(18)12(3)17-13-10-11(2)7-8-14(13)19-4/h7-8,10,12,17H,5-6,9H2,1-4H3,(H,16,18). The van der Waals surface area contributed by atoms with Gasteiger partial charge in [0.1, 0.15) is 11.8 Å². The first-order valence-corrected chi connectivity index (χ1v) is 6.77. The van der Waals surface area contributed by atoms with Gasteiger partial charge >= 0.3 is 0 Å². The van der Waals surface area contributed by atoms with Crippen LogP contribution >= 0.6 is 0 Å². The molecule has 1 aromatic carbocycles. The van der Waals surface area contributed by atoms with Gasteiger partial charge in [-0.15, -0.1) is 0 Å². The number of rotatable bonds is 7. The van der Waals surface area contributed by atoms with E-state index in [1.807, 2.05) is 32.0 Å². The molecule has 106 valence electrons. The molecule has 1 amide bonds. The van der Waals surface area contributed by atoms with E-state index >= 15 is 0 Å². The minimum atomic E-state index is -0.285. The van der Waals surface area contributed by atoms with Crippen LogP contribution in [0.3, 0.4) is 0 Å². The van der Waals surface area contributed by atoms with Crippen molar-refractivity contribution < 1.29 is 9.53 Å². The average molecular weight is 264 g/mol. The Hall–Kier alpha value is -1.71. The van der Waals surface area contributed by atoms with Crippen molar-refractivity contribution in [1.29, 1.82) is 0 Å². The number of nitrogens with one attached hydrogen (secondary N) is 2. The highest BCUT2D eigenvalue weighted by Gasteiger charge is 2.14. The predicted molar refractivity (Wildman–Crippen MR) is 78.7 cm³/mol. The van der Waals surface area contributed by atoms with Crippen LogP contribution in [0.5, 0.6) is 5.75 Å². The highest BCUT2D eigenvalue weighted by Crippen LogP contribution is 2.25. The number of amides is 1. The van der Waals surface area contributed by atoms with Crippen LogP contribution in [0.25, 0.3) is 0 Å². The summed E-state index contributed by atoms with van der Waals surface area (Å²) in [5.74, 6) is 0.760. The van der Waals surface area contributed by atoms with E-state index in [0.29, 0.717) is 0 Å². The number of carbonyl (C=O) groups is 1. The first-order valence-electron chi connectivity index (χ1n) is 6.77. The summed E-state index contributed by atoms with van der Waals surface area (Å²) in [4.78, 5) is 11.9. The first-order chi connectivity index (χ1) is 9.08. The fourth-order valence-electron chi connectivity index (χ4n) is 1.77. The van der Waals surface area contributed by atoms with E-state index in [4.69, 9.17) is 4.74 Å². The van der Waals surface area contributed by atoms with Crippen LogP contribution in [0.15, 0.2) is 18.2 Å². The molecule has 0 aromatic heterocycles. The van der Waals surface area contributed by atoms with Crippen LogP contribution in [-0.4, -0.2) is 25.6 Å². The largest absolute Gasteiger partial charge is 0.495 e. The minimum Gasteiger partial charge on any atom is -0.495 e. The molecule has 0 radical (unpaired) electrons. The molecule has 1 atom stereocenters. The molecule has 0 saturated heterocycles. The fourth-order valence-corrected chi connectivity index (χ4v) is 1.77. The molecular weight excluding hydrogens is 240 g/mol. The topological polar surface area (TPSA) is 50.4 Å². The average Bonchev–Trinajstić information content (AvgIpc) is 2.39. The number of aryl methyl sites for hydroxylation is 1. The molecule has 1 rings (SSSR count). The van der Waals surface area contributed by atoms with E-state index in [0.717, 1.165) is 36.4 Å². The lowest BCUT2D eigenvalue weighted by atomic mass is 10.2. The second kappa shape index (κ2) is 7.67. The Morgan fingerprint density at radius 1 is 1.42 bits per heavy atom. The summed E-state index contributed by atoms with van der Waals surface area (Å²) < 4.78 is 5.29. The Morgan fingerprint density at radius 2 is 2.16 bits per heavy atom. The van der Waals surface area contributed by atoms with Gasteiger partial charge in [0.05, 0.1) is 12.8 Å². The minimum absolute atomic E-state index is 0.0111. The third-order valence-electron chi connectivity index (χ3n) is 2.95. The van der Waals surface area contributed by atoms with Crippen molar-refractivity contribution in [2.24, 2.45) is 0 Å². The predicted octanol–water partition coefficient (Wildman–Crippen LogP) is 2.72. The molecule has 0 spiro atoms. The molecule has 19 heavy (non-hydrogen) atoms. The molecule has 1 unspecified atom stereocenters. The summed E-state index contributed by atoms with van der Waals surface area (Å²) in [5.41, 5.74) is 1.97. The Balaban J connectivity index is 2.62. The number of carbonyl (C=O) groups excluding carboxylic acids is 1. The van der Waals surface area contributed by atoms with E-state index in [1.165, 1.54) is 0 Å². The van der Waals surface area contributed by atoms with Gasteiger partial charge in [-0.05, 0) is 38.0 Å². The van der Waals surface area contributed by atoms with Gasteiger partial charge in [0.2, 0.25) is 5.91 Å². The number of hydrogen-bond donors (Lipinski definition) is 2. The normalized spacial score (nSPS) is 11.8. The van der Waals surface area contributed by atoms with Crippen LogP contribution in [0.2, 0.25) is 0 Å². The molecule has 0 saturated carbocycles. The van der Waals surface area contributed by atoms with E-state index < -0.39 is 0 Å². The molecule has 4 heteroatoms. The number of anilines is 1. The van der Waals surface area contributed by atoms with Gasteiger partial charge in [0.25, 0.3) is 0 Å². The Bertz CT molecular complexity index is 419. The number of ether oxygens (including phenoxy) is 1. The van der Waals surface area contributed by atoms with Crippen LogP contribution in [0.4, 0.5) is 5.69 Å². The van der Waals surface area contributed by atoms with E-state index in [9.17, 15) is 4.79 Å². The van der Waals surface area contributed by atoms with Gasteiger partial charge in [-0.25, -0.2) is 0 Å². The monoisotopic (exact) mass is 264 g/mol. The molecule has 0 heterocycles. The zero-order valence-corrected chi connectivity index (χ0v) is 12.2. The lowest BCUT2D eigenvalue weighted by Gasteiger charge is -2.17. The fraction of sp³-hybridized carbons (Fsp3) is 0.533. The van der Waals surface area contributed by atoms with Crippen molar-refractivity contribution >= 4 is 11.6 Å². The molecule has 0 fully saturated rings. The van der Waals surface area contributed by atoms with Gasteiger partial charge in [0.15, 0.2) is 0 Å². The van der Waals surface area contributed by atoms with Gasteiger partial charge in [-0.1, -0.05) is 19.4 Å². The van der Waals surface area contributed by atoms with E-state index in [1.54, 1.807) is 7.11 Å². The summed E-state index contributed by atoms with van der Waals surface area (Å²) in [6.07, 6.45) is 2.08. The third kappa shape index (κ3) is 4.81. The van der Waals surface area contributed by atoms with Crippen LogP contribution in [-0.2, 0) is 4.79 Å². The SMILES string of the molecule is CCCCNC(=O)C(C)Nc1cc(C)ccc1OC. The third-order valence-corrected chi connectivity index (χ3v) is 2.95. The number of benzene rings is 1. The quantitative estimate of drug-likeness (QED) is 0.744. The summed E-state index contributed by atoms with van der Waals surface area (Å²) in [6, 6.07) is 5.58. The van der Waals surface area contributed by atoms with E-state index in [-0.39, 0.29) is 11.9 Å². The summed E-state index contributed by atoms with van der Waals surface area (Å²) in [6.45, 7) is 6.69. The highest BCUT2D eigenvalue weighted by molar-refractivity contribution is 5.84. The molecule has 2 N–H and O–H groups in total. The summed E-state index contributed by atoms with van der Waals surface area (Å²) in [7, 11) is 1.63. The smallest absolute Gasteiger partial charge is 0.242 e. The van der Waals surface area contributed by atoms with Gasteiger partial charge in [-0.2, -0.15) is 0 Å². The first kappa shape index (κ1) is 15.3. The van der Waals surface area contributed by atoms with Gasteiger partial charge in [-0.3, -0.25) is 4.79 Å². The summed E-state index contributed by atoms with van der Waals surface area (Å²) in [5, 5.41) is 6.11. The van der Waals surface area contributed by atoms with Crippen molar-refractivity contribution in [3.8, 4) is 5.75 Å². The van der Waals surface area contributed by atoms with Crippen molar-refractivity contribution in [2.45, 2.75) is 39.7 Å². The van der Waals surface area contributed by atoms with Gasteiger partial charge < -0.3 is 15.4 Å². The van der Waals surface area contributed by atoms with Crippen molar-refractivity contribution in [3.05, 3.63) is 23.8 Å². The summed E-state index contributed by atoms with van der Waals surface area (Å²) >= 11 is 0. The number of unbranched alkanes of at least 4 members (excludes halogenated alkanes) is 1. The van der Waals surface area contributed by atoms with Crippen molar-refractivity contribution in [3.63, 3.8) is 0 Å². The number of hydrogen-bond acceptors (Lipinski definition) is 3. The zero-order valence-electron chi connectivity index (χ0n) is 12.2. The highest BCUT2D eigenvalue weighted by atomic mass is 16.5. The van der Waals surface area contributed by atoms with Crippen LogP contribution in [0.1, 0.15) is 32.3 Å². The molecule has 0 aliphatic rings. The van der Waals surface area contributed by atoms with Crippen molar-refractivity contribution in [2.75, 3.05) is 19.0 Å². The van der Waals surface area contributed by atoms with Crippen LogP contribution in [0, 0.1) is 6.92 Å². The van der Waals surface area contributed by atoms with E-state index in [2.05, 4.69) is 17.6 Å². The zero-order chi connectivity index (χ0) is 14.3. The molecule has 4 nitrogen and oxygen atoms in total. The van der Waals surface area contributed by atoms with Crippen LogP contribution < -0.4 is 15.4 Å². The molecule has 1 aromatic rings.